The fourth-order valence-electron chi connectivity index (χ4n) is 4.43. The summed E-state index contributed by atoms with van der Waals surface area (Å²) in [6, 6.07) is 7.23. The van der Waals surface area contributed by atoms with E-state index in [1.165, 1.54) is 22.9 Å². The first-order chi connectivity index (χ1) is 14.7. The third-order valence-corrected chi connectivity index (χ3v) is 7.36. The van der Waals surface area contributed by atoms with Gasteiger partial charge < -0.3 is 30.7 Å². The van der Waals surface area contributed by atoms with E-state index in [9.17, 15) is 20.1 Å². The van der Waals surface area contributed by atoms with Gasteiger partial charge in [-0.25, -0.2) is 0 Å². The number of aliphatic hydroxyl groups is 3. The summed E-state index contributed by atoms with van der Waals surface area (Å²) in [4.78, 5) is 13.1. The van der Waals surface area contributed by atoms with E-state index < -0.39 is 47.3 Å². The van der Waals surface area contributed by atoms with Crippen LogP contribution in [0.1, 0.15) is 36.8 Å². The van der Waals surface area contributed by atoms with Gasteiger partial charge in [0.15, 0.2) is 0 Å². The number of carbonyl (C=O) groups excluding carboxylic acids is 1. The normalized spacial score (nSPS) is 35.9. The molecule has 5 N–H and O–H groups in total. The topological polar surface area (TPSA) is 111 Å². The van der Waals surface area contributed by atoms with Crippen molar-refractivity contribution in [2.75, 3.05) is 12.8 Å². The highest BCUT2D eigenvalue weighted by Crippen LogP contribution is 2.31. The number of rotatable bonds is 6. The Bertz CT molecular complexity index is 752. The number of hydrogen-bond donors (Lipinski definition) is 5. The number of carbonyl (C=O) groups is 1. The summed E-state index contributed by atoms with van der Waals surface area (Å²) in [6.45, 7) is 4.49. The molecule has 0 bridgehead atoms. The first-order valence-electron chi connectivity index (χ1n) is 10.7. The van der Waals surface area contributed by atoms with E-state index in [1.807, 2.05) is 6.07 Å². The van der Waals surface area contributed by atoms with Gasteiger partial charge in [0.05, 0.1) is 17.5 Å². The van der Waals surface area contributed by atoms with E-state index in [1.54, 1.807) is 13.2 Å². The van der Waals surface area contributed by atoms with Crippen molar-refractivity contribution in [3.8, 4) is 0 Å². The van der Waals surface area contributed by atoms with Crippen LogP contribution in [0.4, 0.5) is 0 Å². The van der Waals surface area contributed by atoms with Gasteiger partial charge in [-0.15, -0.1) is 23.4 Å². The Hall–Kier alpha value is -0.870. The molecule has 174 valence electrons. The first kappa shape index (κ1) is 24.8. The van der Waals surface area contributed by atoms with Gasteiger partial charge in [-0.3, -0.25) is 4.79 Å². The summed E-state index contributed by atoms with van der Waals surface area (Å²) in [6.07, 6.45) is -1.58. The van der Waals surface area contributed by atoms with Crippen LogP contribution in [-0.2, 0) is 9.53 Å². The van der Waals surface area contributed by atoms with Crippen LogP contribution in [0.5, 0.6) is 0 Å². The van der Waals surface area contributed by atoms with Crippen molar-refractivity contribution >= 4 is 29.3 Å². The van der Waals surface area contributed by atoms with Crippen molar-refractivity contribution in [1.29, 1.82) is 0 Å². The second-order valence-corrected chi connectivity index (χ2v) is 10.2. The van der Waals surface area contributed by atoms with E-state index >= 15 is 0 Å². The summed E-state index contributed by atoms with van der Waals surface area (Å²) < 4.78 is 5.83. The second kappa shape index (κ2) is 10.8. The number of halogens is 1. The monoisotopic (exact) mass is 472 g/mol. The minimum atomic E-state index is -1.38. The van der Waals surface area contributed by atoms with Gasteiger partial charge in [0.2, 0.25) is 5.91 Å². The zero-order valence-electron chi connectivity index (χ0n) is 18.1. The number of benzene rings is 1. The molecule has 2 fully saturated rings. The smallest absolute Gasteiger partial charge is 0.237 e. The van der Waals surface area contributed by atoms with Crippen molar-refractivity contribution in [2.45, 2.75) is 79.9 Å². The number of amides is 1. The summed E-state index contributed by atoms with van der Waals surface area (Å²) in [5.74, 6) is 0.0603. The van der Waals surface area contributed by atoms with Crippen molar-refractivity contribution < 1.29 is 24.9 Å². The zero-order valence-corrected chi connectivity index (χ0v) is 19.6. The van der Waals surface area contributed by atoms with E-state index in [0.717, 1.165) is 13.0 Å². The Morgan fingerprint density at radius 1 is 1.29 bits per heavy atom. The number of nitrogens with one attached hydrogen (secondary N) is 2. The van der Waals surface area contributed by atoms with Crippen LogP contribution in [0.3, 0.4) is 0 Å². The maximum atomic E-state index is 13.1. The fraction of sp³-hybridized carbons (Fsp3) is 0.682. The van der Waals surface area contributed by atoms with E-state index in [2.05, 4.69) is 35.8 Å². The molecule has 1 aromatic carbocycles. The van der Waals surface area contributed by atoms with Crippen LogP contribution < -0.4 is 10.6 Å². The molecule has 0 aliphatic carbocycles. The second-order valence-electron chi connectivity index (χ2n) is 8.53. The van der Waals surface area contributed by atoms with Gasteiger partial charge in [0.25, 0.3) is 0 Å². The lowest BCUT2D eigenvalue weighted by molar-refractivity contribution is -0.205. The van der Waals surface area contributed by atoms with E-state index in [-0.39, 0.29) is 11.8 Å². The molecule has 9 heteroatoms. The lowest BCUT2D eigenvalue weighted by Crippen LogP contribution is -2.65. The molecule has 0 saturated carbocycles. The average Bonchev–Trinajstić information content (AvgIpc) is 2.76. The van der Waals surface area contributed by atoms with Crippen molar-refractivity contribution in [3.63, 3.8) is 0 Å². The molecule has 2 aliphatic rings. The van der Waals surface area contributed by atoms with E-state index in [0.29, 0.717) is 6.42 Å². The number of aryl methyl sites for hydroxylation is 1. The van der Waals surface area contributed by atoms with Crippen molar-refractivity contribution in [1.82, 2.24) is 10.6 Å². The third-order valence-electron chi connectivity index (χ3n) is 6.23. The molecule has 0 spiro atoms. The molecular formula is C22H33ClN2O5S. The van der Waals surface area contributed by atoms with Gasteiger partial charge >= 0.3 is 0 Å². The summed E-state index contributed by atoms with van der Waals surface area (Å²) in [5, 5.41) is 36.5. The SMILES string of the molecule is CS[C@H]1O[C@H](C(NC(=O)[C@@H]2C[C@H](c3cccc(C)c3)CCN2)[C@H](C)Cl)[C@H](O)[C@H](O)[C@H]1O. The van der Waals surface area contributed by atoms with Crippen LogP contribution in [0.2, 0.25) is 0 Å². The Labute approximate surface area is 192 Å². The molecule has 0 radical (unpaired) electrons. The maximum absolute atomic E-state index is 13.1. The van der Waals surface area contributed by atoms with Crippen LogP contribution >= 0.6 is 23.4 Å². The average molecular weight is 473 g/mol. The lowest BCUT2D eigenvalue weighted by atomic mass is 9.85. The lowest BCUT2D eigenvalue weighted by Gasteiger charge is -2.44. The van der Waals surface area contributed by atoms with Crippen molar-refractivity contribution in [2.24, 2.45) is 0 Å². The maximum Gasteiger partial charge on any atom is 0.237 e. The van der Waals surface area contributed by atoms with Gasteiger partial charge in [-0.05, 0) is 51.0 Å². The standard InChI is InChI=1S/C22H33ClN2O5S/c1-11-5-4-6-13(9-11)14-7-8-24-15(10-14)21(29)25-16(12(2)23)20-18(27)17(26)19(28)22(30-20)31-3/h4-6,9,12,14-20,22,24,26-28H,7-8,10H2,1-3H3,(H,25,29)/t12-,14+,15-,16?,17-,18+,19+,20+,22+/m0/s1. The number of thioether (sulfide) groups is 1. The molecule has 2 heterocycles. The predicted molar refractivity (Wildman–Crippen MR) is 122 cm³/mol. The van der Waals surface area contributed by atoms with Gasteiger partial charge in [-0.1, -0.05) is 29.8 Å². The Morgan fingerprint density at radius 2 is 2.03 bits per heavy atom. The molecule has 0 aromatic heterocycles. The number of alkyl halides is 1. The molecule has 3 rings (SSSR count). The van der Waals surface area contributed by atoms with Crippen molar-refractivity contribution in [3.05, 3.63) is 35.4 Å². The Balaban J connectivity index is 1.70. The fourth-order valence-corrected chi connectivity index (χ4v) is 5.32. The largest absolute Gasteiger partial charge is 0.388 e. The number of ether oxygens (including phenoxy) is 1. The highest BCUT2D eigenvalue weighted by molar-refractivity contribution is 7.99. The number of hydrogen-bond acceptors (Lipinski definition) is 7. The number of piperidine rings is 1. The highest BCUT2D eigenvalue weighted by Gasteiger charge is 2.48. The summed E-state index contributed by atoms with van der Waals surface area (Å²) in [7, 11) is 0. The molecular weight excluding hydrogens is 440 g/mol. The van der Waals surface area contributed by atoms with Crippen LogP contribution in [0, 0.1) is 6.92 Å². The predicted octanol–water partition coefficient (Wildman–Crippen LogP) is 1.11. The Morgan fingerprint density at radius 3 is 2.68 bits per heavy atom. The minimum Gasteiger partial charge on any atom is -0.388 e. The number of aliphatic hydroxyl groups excluding tert-OH is 3. The van der Waals surface area contributed by atoms with Crippen LogP contribution in [-0.4, -0.2) is 81.3 Å². The van der Waals surface area contributed by atoms with Crippen LogP contribution in [0.25, 0.3) is 0 Å². The third kappa shape index (κ3) is 5.74. The summed E-state index contributed by atoms with van der Waals surface area (Å²) in [5.41, 5.74) is 1.70. The molecule has 1 unspecified atom stereocenters. The molecule has 2 saturated heterocycles. The molecule has 9 atom stereocenters. The molecule has 1 amide bonds. The molecule has 31 heavy (non-hydrogen) atoms. The quantitative estimate of drug-likeness (QED) is 0.394. The van der Waals surface area contributed by atoms with Gasteiger partial charge in [-0.2, -0.15) is 0 Å². The highest BCUT2D eigenvalue weighted by atomic mass is 35.5. The zero-order chi connectivity index (χ0) is 22.7. The first-order valence-corrected chi connectivity index (χ1v) is 12.4. The summed E-state index contributed by atoms with van der Waals surface area (Å²) >= 11 is 7.59. The molecule has 1 aromatic rings. The van der Waals surface area contributed by atoms with Crippen LogP contribution in [0.15, 0.2) is 24.3 Å². The Kier molecular flexibility index (Phi) is 8.65. The van der Waals surface area contributed by atoms with E-state index in [4.69, 9.17) is 16.3 Å². The minimum absolute atomic E-state index is 0.216. The molecule has 7 nitrogen and oxygen atoms in total. The van der Waals surface area contributed by atoms with Gasteiger partial charge in [0.1, 0.15) is 29.9 Å². The molecule has 2 aliphatic heterocycles. The van der Waals surface area contributed by atoms with Gasteiger partial charge in [0, 0.05) is 0 Å².